The highest BCUT2D eigenvalue weighted by atomic mass is 16.2. The van der Waals surface area contributed by atoms with E-state index in [1.54, 1.807) is 4.90 Å². The molecule has 0 radical (unpaired) electrons. The van der Waals surface area contributed by atoms with Crippen LogP contribution in [0.1, 0.15) is 44.2 Å². The molecule has 0 bridgehead atoms. The topological polar surface area (TPSA) is 78.7 Å². The van der Waals surface area contributed by atoms with Crippen LogP contribution in [0.4, 0.5) is 4.79 Å². The van der Waals surface area contributed by atoms with Gasteiger partial charge >= 0.3 is 6.03 Å². The predicted molar refractivity (Wildman–Crippen MR) is 106 cm³/mol. The highest BCUT2D eigenvalue weighted by molar-refractivity contribution is 5.78. The fourth-order valence-electron chi connectivity index (χ4n) is 4.14. The monoisotopic (exact) mass is 372 g/mol. The Morgan fingerprint density at radius 2 is 1.70 bits per heavy atom. The number of urea groups is 1. The van der Waals surface area contributed by atoms with E-state index < -0.39 is 0 Å². The predicted octanol–water partition coefficient (Wildman–Crippen LogP) is 2.37. The summed E-state index contributed by atoms with van der Waals surface area (Å²) >= 11 is 0. The van der Waals surface area contributed by atoms with Crippen molar-refractivity contribution in [2.24, 2.45) is 17.6 Å². The number of rotatable bonds is 5. The standard InChI is InChI=1S/C21H32N4O2/c1-16-7-11-24(12-8-16)19(17-5-3-2-4-6-17)15-23-21(27)25-13-9-18(10-14-25)20(22)26/h2-6,16,18-19H,7-15H2,1H3,(H2,22,26)(H,23,27). The second-order valence-corrected chi connectivity index (χ2v) is 7.99. The average molecular weight is 373 g/mol. The van der Waals surface area contributed by atoms with Crippen molar-refractivity contribution in [3.63, 3.8) is 0 Å². The molecule has 0 spiro atoms. The van der Waals surface area contributed by atoms with Crippen LogP contribution in [0.3, 0.4) is 0 Å². The first kappa shape index (κ1) is 19.7. The number of piperidine rings is 2. The Balaban J connectivity index is 1.58. The molecule has 6 heteroatoms. The Hall–Kier alpha value is -2.08. The summed E-state index contributed by atoms with van der Waals surface area (Å²) in [5.41, 5.74) is 6.63. The van der Waals surface area contributed by atoms with Gasteiger partial charge in [0, 0.05) is 25.6 Å². The number of nitrogens with zero attached hydrogens (tertiary/aromatic N) is 2. The Bertz CT molecular complexity index is 620. The van der Waals surface area contributed by atoms with E-state index >= 15 is 0 Å². The van der Waals surface area contributed by atoms with Crippen LogP contribution in [0.25, 0.3) is 0 Å². The van der Waals surface area contributed by atoms with Crippen LogP contribution >= 0.6 is 0 Å². The molecule has 2 fully saturated rings. The van der Waals surface area contributed by atoms with Crippen LogP contribution in [0.2, 0.25) is 0 Å². The number of hydrogen-bond donors (Lipinski definition) is 2. The maximum Gasteiger partial charge on any atom is 0.317 e. The molecule has 3 rings (SSSR count). The van der Waals surface area contributed by atoms with Gasteiger partial charge in [0.25, 0.3) is 0 Å². The summed E-state index contributed by atoms with van der Waals surface area (Å²) < 4.78 is 0. The summed E-state index contributed by atoms with van der Waals surface area (Å²) in [7, 11) is 0. The summed E-state index contributed by atoms with van der Waals surface area (Å²) in [6.45, 7) is 6.24. The lowest BCUT2D eigenvalue weighted by molar-refractivity contribution is -0.123. The largest absolute Gasteiger partial charge is 0.369 e. The highest BCUT2D eigenvalue weighted by Gasteiger charge is 2.28. The number of benzene rings is 1. The van der Waals surface area contributed by atoms with Gasteiger partial charge < -0.3 is 16.0 Å². The van der Waals surface area contributed by atoms with Gasteiger partial charge in [-0.2, -0.15) is 0 Å². The van der Waals surface area contributed by atoms with Gasteiger partial charge in [0.2, 0.25) is 5.91 Å². The molecule has 6 nitrogen and oxygen atoms in total. The number of likely N-dealkylation sites (tertiary alicyclic amines) is 2. The lowest BCUT2D eigenvalue weighted by atomic mass is 9.95. The van der Waals surface area contributed by atoms with Gasteiger partial charge in [0.15, 0.2) is 0 Å². The fraction of sp³-hybridized carbons (Fsp3) is 0.619. The number of nitrogens with two attached hydrogens (primary N) is 1. The number of nitrogens with one attached hydrogen (secondary N) is 1. The summed E-state index contributed by atoms with van der Waals surface area (Å²) in [5, 5.41) is 3.13. The zero-order chi connectivity index (χ0) is 19.2. The Morgan fingerprint density at radius 3 is 2.30 bits per heavy atom. The SMILES string of the molecule is CC1CCN(C(CNC(=O)N2CCC(C(N)=O)CC2)c2ccccc2)CC1. The summed E-state index contributed by atoms with van der Waals surface area (Å²) in [5.74, 6) is 0.429. The molecule has 2 heterocycles. The van der Waals surface area contributed by atoms with Crippen molar-refractivity contribution in [1.82, 2.24) is 15.1 Å². The van der Waals surface area contributed by atoms with Crippen LogP contribution < -0.4 is 11.1 Å². The normalized spacial score (nSPS) is 21.0. The third-order valence-corrected chi connectivity index (χ3v) is 6.07. The highest BCUT2D eigenvalue weighted by Crippen LogP contribution is 2.26. The van der Waals surface area contributed by atoms with Gasteiger partial charge in [-0.15, -0.1) is 0 Å². The molecular formula is C21H32N4O2. The Morgan fingerprint density at radius 1 is 1.07 bits per heavy atom. The third-order valence-electron chi connectivity index (χ3n) is 6.07. The van der Waals surface area contributed by atoms with Crippen molar-refractivity contribution < 1.29 is 9.59 Å². The second-order valence-electron chi connectivity index (χ2n) is 7.99. The molecule has 2 aliphatic heterocycles. The van der Waals surface area contributed by atoms with Crippen molar-refractivity contribution in [2.45, 2.75) is 38.6 Å². The lowest BCUT2D eigenvalue weighted by Crippen LogP contribution is -2.49. The molecule has 0 saturated carbocycles. The summed E-state index contributed by atoms with van der Waals surface area (Å²) in [4.78, 5) is 28.2. The first-order valence-corrected chi connectivity index (χ1v) is 10.2. The molecular weight excluding hydrogens is 340 g/mol. The zero-order valence-electron chi connectivity index (χ0n) is 16.3. The molecule has 1 unspecified atom stereocenters. The smallest absolute Gasteiger partial charge is 0.317 e. The second kappa shape index (κ2) is 9.22. The van der Waals surface area contributed by atoms with Gasteiger partial charge in [-0.05, 0) is 50.3 Å². The van der Waals surface area contributed by atoms with E-state index in [-0.39, 0.29) is 23.9 Å². The van der Waals surface area contributed by atoms with Gasteiger partial charge in [-0.3, -0.25) is 9.69 Å². The van der Waals surface area contributed by atoms with Gasteiger partial charge in [0.1, 0.15) is 0 Å². The minimum atomic E-state index is -0.251. The minimum Gasteiger partial charge on any atom is -0.369 e. The van der Waals surface area contributed by atoms with E-state index in [4.69, 9.17) is 5.73 Å². The first-order valence-electron chi connectivity index (χ1n) is 10.2. The third kappa shape index (κ3) is 5.22. The minimum absolute atomic E-state index is 0.0378. The Kier molecular flexibility index (Phi) is 6.72. The van der Waals surface area contributed by atoms with Crippen molar-refractivity contribution >= 4 is 11.9 Å². The molecule has 3 N–H and O–H groups in total. The number of hydrogen-bond acceptors (Lipinski definition) is 3. The molecule has 1 atom stereocenters. The molecule has 3 amide bonds. The summed E-state index contributed by atoms with van der Waals surface area (Å²) in [6.07, 6.45) is 3.74. The van der Waals surface area contributed by atoms with Crippen LogP contribution in [0.5, 0.6) is 0 Å². The number of primary amides is 1. The molecule has 1 aromatic carbocycles. The van der Waals surface area contributed by atoms with Crippen molar-refractivity contribution in [2.75, 3.05) is 32.7 Å². The van der Waals surface area contributed by atoms with Crippen LogP contribution in [0, 0.1) is 11.8 Å². The first-order chi connectivity index (χ1) is 13.0. The molecule has 2 aliphatic rings. The van der Waals surface area contributed by atoms with Gasteiger partial charge in [0.05, 0.1) is 6.04 Å². The number of carbonyl (C=O) groups is 2. The van der Waals surface area contributed by atoms with E-state index in [0.717, 1.165) is 19.0 Å². The molecule has 0 aliphatic carbocycles. The summed E-state index contributed by atoms with van der Waals surface area (Å²) in [6, 6.07) is 10.6. The quantitative estimate of drug-likeness (QED) is 0.833. The lowest BCUT2D eigenvalue weighted by Gasteiger charge is -2.38. The molecule has 1 aromatic rings. The molecule has 27 heavy (non-hydrogen) atoms. The maximum absolute atomic E-state index is 12.6. The molecule has 148 valence electrons. The van der Waals surface area contributed by atoms with E-state index in [0.29, 0.717) is 32.5 Å². The van der Waals surface area contributed by atoms with Crippen LogP contribution in [-0.4, -0.2) is 54.5 Å². The number of amides is 3. The van der Waals surface area contributed by atoms with Crippen molar-refractivity contribution in [3.8, 4) is 0 Å². The van der Waals surface area contributed by atoms with Gasteiger partial charge in [-0.1, -0.05) is 37.3 Å². The van der Waals surface area contributed by atoms with E-state index in [1.165, 1.54) is 18.4 Å². The zero-order valence-corrected chi connectivity index (χ0v) is 16.3. The van der Waals surface area contributed by atoms with Gasteiger partial charge in [-0.25, -0.2) is 4.79 Å². The number of carbonyl (C=O) groups excluding carboxylic acids is 2. The molecule has 0 aromatic heterocycles. The van der Waals surface area contributed by atoms with E-state index in [1.807, 2.05) is 6.07 Å². The van der Waals surface area contributed by atoms with Crippen molar-refractivity contribution in [3.05, 3.63) is 35.9 Å². The Labute approximate surface area is 162 Å². The van der Waals surface area contributed by atoms with E-state index in [2.05, 4.69) is 41.4 Å². The van der Waals surface area contributed by atoms with Crippen LogP contribution in [-0.2, 0) is 4.79 Å². The fourth-order valence-corrected chi connectivity index (χ4v) is 4.14. The van der Waals surface area contributed by atoms with E-state index in [9.17, 15) is 9.59 Å². The average Bonchev–Trinajstić information content (AvgIpc) is 2.70. The van der Waals surface area contributed by atoms with Crippen LogP contribution in [0.15, 0.2) is 30.3 Å². The van der Waals surface area contributed by atoms with Crippen molar-refractivity contribution in [1.29, 1.82) is 0 Å². The molecule has 2 saturated heterocycles. The maximum atomic E-state index is 12.6.